The second-order valence-electron chi connectivity index (χ2n) is 5.31. The van der Waals surface area contributed by atoms with Crippen molar-refractivity contribution in [3.8, 4) is 0 Å². The lowest BCUT2D eigenvalue weighted by Crippen LogP contribution is -2.17. The second-order valence-corrected chi connectivity index (χ2v) is 6.22. The normalized spacial score (nSPS) is 24.2. The molecule has 0 bridgehead atoms. The maximum atomic E-state index is 13.1. The number of aryl methyl sites for hydroxylation is 1. The molecule has 1 saturated carbocycles. The zero-order chi connectivity index (χ0) is 13.3. The molecule has 0 aromatic heterocycles. The lowest BCUT2D eigenvalue weighted by Gasteiger charge is -2.19. The number of halogens is 3. The van der Waals surface area contributed by atoms with Gasteiger partial charge in [-0.2, -0.15) is 0 Å². The summed E-state index contributed by atoms with van der Waals surface area (Å²) in [7, 11) is 0. The summed E-state index contributed by atoms with van der Waals surface area (Å²) in [6, 6.07) is 5.80. The summed E-state index contributed by atoms with van der Waals surface area (Å²) in [4.78, 5) is 0. The Morgan fingerprint density at radius 1 is 1.50 bits per heavy atom. The van der Waals surface area contributed by atoms with Gasteiger partial charge in [0, 0.05) is 23.4 Å². The number of nitrogens with two attached hydrogens (primary N) is 1. The average Bonchev–Trinajstić information content (AvgIpc) is 2.57. The van der Waals surface area contributed by atoms with Gasteiger partial charge >= 0.3 is 0 Å². The second kappa shape index (κ2) is 5.25. The molecule has 1 fully saturated rings. The number of benzene rings is 1. The van der Waals surface area contributed by atoms with Crippen LogP contribution in [0.5, 0.6) is 0 Å². The summed E-state index contributed by atoms with van der Waals surface area (Å²) in [6.45, 7) is 2.00. The zero-order valence-electron chi connectivity index (χ0n) is 10.4. The molecule has 2 rings (SSSR count). The lowest BCUT2D eigenvalue weighted by atomic mass is 9.92. The van der Waals surface area contributed by atoms with Crippen molar-refractivity contribution in [1.82, 2.24) is 0 Å². The Balaban J connectivity index is 2.02. The van der Waals surface area contributed by atoms with Crippen LogP contribution in [0, 0.1) is 12.8 Å². The van der Waals surface area contributed by atoms with Crippen molar-refractivity contribution in [3.63, 3.8) is 0 Å². The van der Waals surface area contributed by atoms with E-state index in [9.17, 15) is 8.78 Å². The van der Waals surface area contributed by atoms with E-state index >= 15 is 0 Å². The molecule has 1 nitrogen and oxygen atoms in total. The molecule has 18 heavy (non-hydrogen) atoms. The fraction of sp³-hybridized carbons (Fsp3) is 0.571. The molecule has 1 aromatic carbocycles. The van der Waals surface area contributed by atoms with Crippen molar-refractivity contribution in [3.05, 3.63) is 33.8 Å². The molecular formula is C14H18BrF2N. The van der Waals surface area contributed by atoms with Crippen LogP contribution in [0.2, 0.25) is 0 Å². The summed E-state index contributed by atoms with van der Waals surface area (Å²) >= 11 is 3.41. The third-order valence-electron chi connectivity index (χ3n) is 3.72. The number of hydrogen-bond donors (Lipinski definition) is 1. The molecule has 2 unspecified atom stereocenters. The fourth-order valence-corrected chi connectivity index (χ4v) is 3.26. The highest BCUT2D eigenvalue weighted by atomic mass is 79.9. The van der Waals surface area contributed by atoms with Gasteiger partial charge in [0.2, 0.25) is 5.92 Å². The molecule has 0 heterocycles. The van der Waals surface area contributed by atoms with Crippen molar-refractivity contribution >= 4 is 15.9 Å². The van der Waals surface area contributed by atoms with Gasteiger partial charge in [-0.1, -0.05) is 22.0 Å². The molecule has 1 aliphatic rings. The first-order valence-corrected chi connectivity index (χ1v) is 7.06. The van der Waals surface area contributed by atoms with Crippen LogP contribution in [0.4, 0.5) is 8.78 Å². The monoisotopic (exact) mass is 317 g/mol. The Morgan fingerprint density at radius 2 is 2.22 bits per heavy atom. The third-order valence-corrected chi connectivity index (χ3v) is 4.22. The highest BCUT2D eigenvalue weighted by Gasteiger charge is 2.39. The van der Waals surface area contributed by atoms with Gasteiger partial charge in [0.25, 0.3) is 0 Å². The molecule has 0 amide bonds. The van der Waals surface area contributed by atoms with Crippen LogP contribution in [0.1, 0.15) is 42.9 Å². The number of alkyl halides is 2. The Hall–Kier alpha value is -0.480. The van der Waals surface area contributed by atoms with Crippen molar-refractivity contribution in [2.24, 2.45) is 11.7 Å². The van der Waals surface area contributed by atoms with Gasteiger partial charge in [-0.25, -0.2) is 8.78 Å². The molecule has 0 saturated heterocycles. The van der Waals surface area contributed by atoms with Gasteiger partial charge in [0.1, 0.15) is 0 Å². The number of hydrogen-bond acceptors (Lipinski definition) is 1. The minimum absolute atomic E-state index is 0.00369. The van der Waals surface area contributed by atoms with Crippen molar-refractivity contribution < 1.29 is 8.78 Å². The van der Waals surface area contributed by atoms with Crippen LogP contribution in [0.25, 0.3) is 0 Å². The Kier molecular flexibility index (Phi) is 4.07. The van der Waals surface area contributed by atoms with Crippen LogP contribution in [0.15, 0.2) is 22.7 Å². The van der Waals surface area contributed by atoms with E-state index in [1.807, 2.05) is 25.1 Å². The van der Waals surface area contributed by atoms with E-state index in [0.717, 1.165) is 15.6 Å². The maximum absolute atomic E-state index is 13.1. The highest BCUT2D eigenvalue weighted by Crippen LogP contribution is 2.42. The third kappa shape index (κ3) is 3.29. The van der Waals surface area contributed by atoms with E-state index < -0.39 is 5.92 Å². The molecule has 0 spiro atoms. The molecule has 2 N–H and O–H groups in total. The summed E-state index contributed by atoms with van der Waals surface area (Å²) < 4.78 is 27.3. The van der Waals surface area contributed by atoms with Crippen molar-refractivity contribution in [1.29, 1.82) is 0 Å². The SMILES string of the molecule is Cc1cc(Br)ccc1C(N)CC1CCC(F)(F)C1. The quantitative estimate of drug-likeness (QED) is 0.867. The van der Waals surface area contributed by atoms with Gasteiger partial charge in [0.05, 0.1) is 0 Å². The first-order valence-electron chi connectivity index (χ1n) is 6.27. The Bertz CT molecular complexity index is 434. The molecule has 1 aromatic rings. The topological polar surface area (TPSA) is 26.0 Å². The van der Waals surface area contributed by atoms with Crippen LogP contribution in [-0.4, -0.2) is 5.92 Å². The van der Waals surface area contributed by atoms with Gasteiger partial charge in [-0.15, -0.1) is 0 Å². The van der Waals surface area contributed by atoms with E-state index in [0.29, 0.717) is 12.8 Å². The first-order chi connectivity index (χ1) is 8.37. The molecule has 0 aliphatic heterocycles. The van der Waals surface area contributed by atoms with E-state index in [4.69, 9.17) is 5.73 Å². The minimum atomic E-state index is -2.47. The molecular weight excluding hydrogens is 300 g/mol. The van der Waals surface area contributed by atoms with E-state index in [2.05, 4.69) is 15.9 Å². The van der Waals surface area contributed by atoms with E-state index in [1.165, 1.54) is 0 Å². The Labute approximate surface area is 115 Å². The summed E-state index contributed by atoms with van der Waals surface area (Å²) in [5.41, 5.74) is 8.33. The predicted octanol–water partition coefficient (Wildman–Crippen LogP) is 4.58. The zero-order valence-corrected chi connectivity index (χ0v) is 12.0. The van der Waals surface area contributed by atoms with Crippen molar-refractivity contribution in [2.75, 3.05) is 0 Å². The minimum Gasteiger partial charge on any atom is -0.324 e. The predicted molar refractivity (Wildman–Crippen MR) is 72.7 cm³/mol. The Morgan fingerprint density at radius 3 is 2.78 bits per heavy atom. The molecule has 100 valence electrons. The van der Waals surface area contributed by atoms with Gasteiger partial charge < -0.3 is 5.73 Å². The molecule has 1 aliphatic carbocycles. The largest absolute Gasteiger partial charge is 0.324 e. The average molecular weight is 318 g/mol. The smallest absolute Gasteiger partial charge is 0.248 e. The van der Waals surface area contributed by atoms with E-state index in [1.54, 1.807) is 0 Å². The van der Waals surface area contributed by atoms with Crippen molar-refractivity contribution in [2.45, 2.75) is 44.6 Å². The molecule has 2 atom stereocenters. The van der Waals surface area contributed by atoms with Gasteiger partial charge in [-0.3, -0.25) is 0 Å². The first kappa shape index (κ1) is 13.9. The van der Waals surface area contributed by atoms with E-state index in [-0.39, 0.29) is 24.8 Å². The lowest BCUT2D eigenvalue weighted by molar-refractivity contribution is 0.00446. The summed E-state index contributed by atoms with van der Waals surface area (Å²) in [5, 5.41) is 0. The molecule has 4 heteroatoms. The van der Waals surface area contributed by atoms with Crippen LogP contribution >= 0.6 is 15.9 Å². The summed E-state index contributed by atoms with van der Waals surface area (Å²) in [5.74, 6) is -2.42. The van der Waals surface area contributed by atoms with Crippen LogP contribution in [-0.2, 0) is 0 Å². The fourth-order valence-electron chi connectivity index (χ4n) is 2.78. The highest BCUT2D eigenvalue weighted by molar-refractivity contribution is 9.10. The van der Waals surface area contributed by atoms with Crippen LogP contribution in [0.3, 0.4) is 0 Å². The van der Waals surface area contributed by atoms with Gasteiger partial charge in [0.15, 0.2) is 0 Å². The number of rotatable bonds is 3. The maximum Gasteiger partial charge on any atom is 0.248 e. The summed E-state index contributed by atoms with van der Waals surface area (Å²) in [6.07, 6.45) is 1.26. The molecule has 0 radical (unpaired) electrons. The standard InChI is InChI=1S/C14H18BrF2N/c1-9-6-11(15)2-3-12(9)13(18)7-10-4-5-14(16,17)8-10/h2-3,6,10,13H,4-5,7-8,18H2,1H3. The van der Waals surface area contributed by atoms with Gasteiger partial charge in [-0.05, 0) is 48.9 Å². The van der Waals surface area contributed by atoms with Crippen LogP contribution < -0.4 is 5.73 Å².